The predicted octanol–water partition coefficient (Wildman–Crippen LogP) is 1.23. The lowest BCUT2D eigenvalue weighted by Gasteiger charge is -2.20. The summed E-state index contributed by atoms with van der Waals surface area (Å²) in [5.41, 5.74) is 0.806. The van der Waals surface area contributed by atoms with Crippen molar-refractivity contribution in [1.29, 1.82) is 0 Å². The molecule has 2 unspecified atom stereocenters. The molecule has 3 rings (SSSR count). The SMILES string of the molecule is COC(=O)C1=CC2(c3ccccc3)OOC1(OC)O2. The van der Waals surface area contributed by atoms with Gasteiger partial charge < -0.3 is 9.47 Å². The van der Waals surface area contributed by atoms with Crippen LogP contribution in [0, 0.1) is 0 Å². The van der Waals surface area contributed by atoms with Crippen molar-refractivity contribution in [3.05, 3.63) is 47.5 Å². The lowest BCUT2D eigenvalue weighted by atomic mass is 10.0. The number of rotatable bonds is 3. The van der Waals surface area contributed by atoms with E-state index in [1.165, 1.54) is 20.3 Å². The van der Waals surface area contributed by atoms with Crippen LogP contribution in [0.3, 0.4) is 0 Å². The second-order valence-corrected chi connectivity index (χ2v) is 4.11. The van der Waals surface area contributed by atoms with Crippen LogP contribution >= 0.6 is 0 Å². The molecule has 1 aromatic carbocycles. The third-order valence-electron chi connectivity index (χ3n) is 3.08. The first-order chi connectivity index (χ1) is 9.16. The van der Waals surface area contributed by atoms with E-state index in [1.54, 1.807) is 12.1 Å². The van der Waals surface area contributed by atoms with Gasteiger partial charge in [-0.05, 0) is 0 Å². The van der Waals surface area contributed by atoms with Gasteiger partial charge in [0, 0.05) is 18.7 Å². The van der Waals surface area contributed by atoms with E-state index in [-0.39, 0.29) is 5.57 Å². The third-order valence-corrected chi connectivity index (χ3v) is 3.08. The fraction of sp³-hybridized carbons (Fsp3) is 0.308. The number of carbonyl (C=O) groups excluding carboxylic acids is 1. The summed E-state index contributed by atoms with van der Waals surface area (Å²) < 4.78 is 15.5. The fourth-order valence-corrected chi connectivity index (χ4v) is 2.12. The molecule has 0 saturated carbocycles. The molecule has 19 heavy (non-hydrogen) atoms. The Morgan fingerprint density at radius 3 is 2.53 bits per heavy atom. The molecule has 1 saturated heterocycles. The van der Waals surface area contributed by atoms with Crippen molar-refractivity contribution in [2.75, 3.05) is 14.2 Å². The average molecular weight is 264 g/mol. The Hall–Kier alpha value is -1.73. The Balaban J connectivity index is 2.07. The molecular formula is C13H12O6. The van der Waals surface area contributed by atoms with Crippen LogP contribution in [-0.4, -0.2) is 26.2 Å². The summed E-state index contributed by atoms with van der Waals surface area (Å²) in [6, 6.07) is 9.11. The maximum Gasteiger partial charge on any atom is 0.350 e. The van der Waals surface area contributed by atoms with Crippen molar-refractivity contribution in [3.8, 4) is 0 Å². The topological polar surface area (TPSA) is 63.2 Å². The monoisotopic (exact) mass is 264 g/mol. The first-order valence-corrected chi connectivity index (χ1v) is 5.65. The van der Waals surface area contributed by atoms with Gasteiger partial charge in [0.1, 0.15) is 5.57 Å². The maximum absolute atomic E-state index is 11.8. The van der Waals surface area contributed by atoms with Crippen molar-refractivity contribution < 1.29 is 28.8 Å². The van der Waals surface area contributed by atoms with Crippen LogP contribution < -0.4 is 0 Å². The van der Waals surface area contributed by atoms with Crippen molar-refractivity contribution in [2.24, 2.45) is 0 Å². The van der Waals surface area contributed by atoms with Gasteiger partial charge in [-0.3, -0.25) is 4.74 Å². The molecule has 2 aliphatic rings. The van der Waals surface area contributed by atoms with Crippen LogP contribution in [0.5, 0.6) is 0 Å². The van der Waals surface area contributed by atoms with Crippen molar-refractivity contribution >= 4 is 5.97 Å². The molecular weight excluding hydrogens is 252 g/mol. The van der Waals surface area contributed by atoms with E-state index in [0.29, 0.717) is 5.56 Å². The smallest absolute Gasteiger partial charge is 0.350 e. The normalized spacial score (nSPS) is 32.2. The van der Waals surface area contributed by atoms with Gasteiger partial charge in [0.15, 0.2) is 0 Å². The highest BCUT2D eigenvalue weighted by Gasteiger charge is 2.64. The minimum absolute atomic E-state index is 0.118. The van der Waals surface area contributed by atoms with E-state index >= 15 is 0 Å². The number of ether oxygens (including phenoxy) is 3. The molecule has 0 aromatic heterocycles. The fourth-order valence-electron chi connectivity index (χ4n) is 2.12. The number of fused-ring (bicyclic) bond motifs is 2. The lowest BCUT2D eigenvalue weighted by Crippen LogP contribution is -2.36. The molecule has 0 spiro atoms. The molecule has 0 N–H and O–H groups in total. The van der Waals surface area contributed by atoms with Crippen LogP contribution in [0.15, 0.2) is 42.0 Å². The molecule has 0 radical (unpaired) electrons. The summed E-state index contributed by atoms with van der Waals surface area (Å²) in [5, 5.41) is 0. The predicted molar refractivity (Wildman–Crippen MR) is 61.2 cm³/mol. The molecule has 6 heteroatoms. The van der Waals surface area contributed by atoms with Crippen LogP contribution in [0.25, 0.3) is 0 Å². The Bertz CT molecular complexity index is 539. The summed E-state index contributed by atoms with van der Waals surface area (Å²) in [6.07, 6.45) is 1.50. The van der Waals surface area contributed by atoms with E-state index < -0.39 is 17.7 Å². The zero-order valence-corrected chi connectivity index (χ0v) is 10.4. The number of esters is 1. The second kappa shape index (κ2) is 4.14. The minimum Gasteiger partial charge on any atom is -0.465 e. The Morgan fingerprint density at radius 1 is 1.16 bits per heavy atom. The van der Waals surface area contributed by atoms with Crippen molar-refractivity contribution in [1.82, 2.24) is 0 Å². The maximum atomic E-state index is 11.8. The number of methoxy groups -OCH3 is 2. The van der Waals surface area contributed by atoms with Crippen LogP contribution in [-0.2, 0) is 34.6 Å². The quantitative estimate of drug-likeness (QED) is 0.604. The number of carbonyl (C=O) groups is 1. The highest BCUT2D eigenvalue weighted by atomic mass is 17.3. The number of benzene rings is 1. The van der Waals surface area contributed by atoms with Gasteiger partial charge in [0.05, 0.1) is 7.11 Å². The number of hydrogen-bond acceptors (Lipinski definition) is 6. The second-order valence-electron chi connectivity index (χ2n) is 4.11. The zero-order valence-electron chi connectivity index (χ0n) is 10.4. The highest BCUT2D eigenvalue weighted by Crippen LogP contribution is 2.51. The van der Waals surface area contributed by atoms with Crippen LogP contribution in [0.4, 0.5) is 0 Å². The average Bonchev–Trinajstić information content (AvgIpc) is 3.03. The van der Waals surface area contributed by atoms with Gasteiger partial charge in [-0.2, -0.15) is 9.78 Å². The minimum atomic E-state index is -1.68. The largest absolute Gasteiger partial charge is 0.465 e. The molecule has 6 nitrogen and oxygen atoms in total. The first kappa shape index (κ1) is 12.3. The standard InChI is InChI=1S/C13H12O6/c1-15-11(14)10-8-12(9-6-4-3-5-7-9)17-13(10,16-2)19-18-12/h3-8H,1-2H3. The van der Waals surface area contributed by atoms with E-state index in [0.717, 1.165) is 0 Å². The summed E-state index contributed by atoms with van der Waals surface area (Å²) in [4.78, 5) is 22.0. The Morgan fingerprint density at radius 2 is 1.89 bits per heavy atom. The van der Waals surface area contributed by atoms with E-state index in [1.807, 2.05) is 18.2 Å². The third kappa shape index (κ3) is 1.62. The molecule has 2 bridgehead atoms. The van der Waals surface area contributed by atoms with Crippen molar-refractivity contribution in [3.63, 3.8) is 0 Å². The molecule has 0 aliphatic carbocycles. The Labute approximate surface area is 109 Å². The van der Waals surface area contributed by atoms with Crippen LogP contribution in [0.2, 0.25) is 0 Å². The molecule has 0 amide bonds. The Kier molecular flexibility index (Phi) is 2.68. The van der Waals surface area contributed by atoms with E-state index in [2.05, 4.69) is 0 Å². The van der Waals surface area contributed by atoms with Crippen LogP contribution in [0.1, 0.15) is 5.56 Å². The van der Waals surface area contributed by atoms with E-state index in [4.69, 9.17) is 24.0 Å². The summed E-state index contributed by atoms with van der Waals surface area (Å²) in [7, 11) is 2.63. The number of hydrogen-bond donors (Lipinski definition) is 0. The molecule has 2 atom stereocenters. The lowest BCUT2D eigenvalue weighted by molar-refractivity contribution is -0.399. The summed E-state index contributed by atoms with van der Waals surface area (Å²) >= 11 is 0. The molecule has 1 aromatic rings. The summed E-state index contributed by atoms with van der Waals surface area (Å²) in [5.74, 6) is -3.56. The van der Waals surface area contributed by atoms with E-state index in [9.17, 15) is 4.79 Å². The van der Waals surface area contributed by atoms with Gasteiger partial charge in [0.2, 0.25) is 0 Å². The summed E-state index contributed by atoms with van der Waals surface area (Å²) in [6.45, 7) is 0. The first-order valence-electron chi connectivity index (χ1n) is 5.65. The van der Waals surface area contributed by atoms with Gasteiger partial charge >= 0.3 is 11.9 Å². The molecule has 1 fully saturated rings. The molecule has 2 heterocycles. The molecule has 100 valence electrons. The van der Waals surface area contributed by atoms with Gasteiger partial charge in [-0.25, -0.2) is 4.79 Å². The molecule has 2 aliphatic heterocycles. The highest BCUT2D eigenvalue weighted by molar-refractivity contribution is 5.90. The van der Waals surface area contributed by atoms with Crippen molar-refractivity contribution in [2.45, 2.75) is 11.8 Å². The van der Waals surface area contributed by atoms with Gasteiger partial charge in [0.25, 0.3) is 5.79 Å². The van der Waals surface area contributed by atoms with Gasteiger partial charge in [-0.15, -0.1) is 0 Å². The van der Waals surface area contributed by atoms with Gasteiger partial charge in [-0.1, -0.05) is 30.3 Å². The zero-order chi connectivity index (χ0) is 13.5.